The Kier molecular flexibility index (Phi) is 4.01. The number of Topliss-reactive ketones (excluding diaryl/α,β-unsaturated/α-hetero) is 1. The molecule has 22 heavy (non-hydrogen) atoms. The Morgan fingerprint density at radius 2 is 1.82 bits per heavy atom. The quantitative estimate of drug-likeness (QED) is 0.572. The molecule has 110 valence electrons. The maximum absolute atomic E-state index is 11.2. The van der Waals surface area contributed by atoms with Crippen LogP contribution in [-0.4, -0.2) is 17.5 Å². The van der Waals surface area contributed by atoms with E-state index in [2.05, 4.69) is 10.3 Å². The normalized spacial score (nSPS) is 10.4. The molecule has 0 fully saturated rings. The standard InChI is InChI=1S/C18H16N2O2/c1-13(21)14-6-9-16(10-7-14)19-12-22-18-11-8-15-4-2-3-5-17(15)20-18/h2-11,19H,12H2,1H3. The molecule has 0 bridgehead atoms. The Balaban J connectivity index is 1.60. The number of rotatable bonds is 5. The Labute approximate surface area is 128 Å². The molecule has 4 heteroatoms. The van der Waals surface area contributed by atoms with Crippen LogP contribution in [0.25, 0.3) is 10.9 Å². The lowest BCUT2D eigenvalue weighted by molar-refractivity contribution is 0.101. The zero-order chi connectivity index (χ0) is 15.4. The number of nitrogens with one attached hydrogen (secondary N) is 1. The zero-order valence-corrected chi connectivity index (χ0v) is 12.2. The first-order valence-electron chi connectivity index (χ1n) is 7.06. The fourth-order valence-corrected chi connectivity index (χ4v) is 2.14. The predicted octanol–water partition coefficient (Wildman–Crippen LogP) is 3.89. The third kappa shape index (κ3) is 3.23. The van der Waals surface area contributed by atoms with Gasteiger partial charge in [-0.05, 0) is 43.3 Å². The van der Waals surface area contributed by atoms with Crippen LogP contribution in [0.3, 0.4) is 0 Å². The molecule has 0 aliphatic rings. The molecule has 0 saturated carbocycles. The number of ether oxygens (including phenoxy) is 1. The average Bonchev–Trinajstić information content (AvgIpc) is 2.55. The zero-order valence-electron chi connectivity index (χ0n) is 12.2. The minimum atomic E-state index is 0.0585. The molecule has 1 heterocycles. The summed E-state index contributed by atoms with van der Waals surface area (Å²) in [5, 5.41) is 4.22. The van der Waals surface area contributed by atoms with Gasteiger partial charge in [-0.15, -0.1) is 0 Å². The maximum atomic E-state index is 11.2. The number of para-hydroxylation sites is 1. The van der Waals surface area contributed by atoms with Crippen molar-refractivity contribution >= 4 is 22.4 Å². The van der Waals surface area contributed by atoms with Gasteiger partial charge in [0, 0.05) is 22.7 Å². The van der Waals surface area contributed by atoms with Crippen LogP contribution in [-0.2, 0) is 0 Å². The van der Waals surface area contributed by atoms with Crippen LogP contribution < -0.4 is 10.1 Å². The molecular formula is C18H16N2O2. The minimum absolute atomic E-state index is 0.0585. The van der Waals surface area contributed by atoms with Gasteiger partial charge < -0.3 is 10.1 Å². The first-order chi connectivity index (χ1) is 10.7. The van der Waals surface area contributed by atoms with Crippen LogP contribution >= 0.6 is 0 Å². The highest BCUT2D eigenvalue weighted by atomic mass is 16.5. The number of fused-ring (bicyclic) bond motifs is 1. The lowest BCUT2D eigenvalue weighted by atomic mass is 10.1. The number of aromatic nitrogens is 1. The average molecular weight is 292 g/mol. The van der Waals surface area contributed by atoms with E-state index in [1.165, 1.54) is 0 Å². The summed E-state index contributed by atoms with van der Waals surface area (Å²) in [5.41, 5.74) is 2.50. The molecule has 0 unspecified atom stereocenters. The first-order valence-corrected chi connectivity index (χ1v) is 7.06. The van der Waals surface area contributed by atoms with Crippen molar-refractivity contribution < 1.29 is 9.53 Å². The van der Waals surface area contributed by atoms with Gasteiger partial charge in [-0.3, -0.25) is 4.79 Å². The van der Waals surface area contributed by atoms with Gasteiger partial charge in [0.1, 0.15) is 0 Å². The van der Waals surface area contributed by atoms with E-state index in [-0.39, 0.29) is 5.78 Å². The Bertz CT molecular complexity index is 798. The number of hydrogen-bond acceptors (Lipinski definition) is 4. The summed E-state index contributed by atoms with van der Waals surface area (Å²) in [6, 6.07) is 19.0. The Morgan fingerprint density at radius 1 is 1.05 bits per heavy atom. The van der Waals surface area contributed by atoms with E-state index in [0.717, 1.165) is 16.6 Å². The van der Waals surface area contributed by atoms with Crippen molar-refractivity contribution in [2.75, 3.05) is 12.0 Å². The number of nitrogens with zero attached hydrogens (tertiary/aromatic N) is 1. The Morgan fingerprint density at radius 3 is 2.59 bits per heavy atom. The molecular weight excluding hydrogens is 276 g/mol. The van der Waals surface area contributed by atoms with E-state index in [1.807, 2.05) is 48.5 Å². The third-order valence-electron chi connectivity index (χ3n) is 3.36. The van der Waals surface area contributed by atoms with Crippen LogP contribution in [0.4, 0.5) is 5.69 Å². The number of hydrogen-bond donors (Lipinski definition) is 1. The van der Waals surface area contributed by atoms with Crippen LogP contribution in [0, 0.1) is 0 Å². The van der Waals surface area contributed by atoms with E-state index >= 15 is 0 Å². The van der Waals surface area contributed by atoms with Gasteiger partial charge in [-0.2, -0.15) is 0 Å². The highest BCUT2D eigenvalue weighted by Gasteiger charge is 2.00. The van der Waals surface area contributed by atoms with Gasteiger partial charge in [0.05, 0.1) is 5.52 Å². The van der Waals surface area contributed by atoms with E-state index in [4.69, 9.17) is 4.74 Å². The molecule has 4 nitrogen and oxygen atoms in total. The summed E-state index contributed by atoms with van der Waals surface area (Å²) >= 11 is 0. The molecule has 1 aromatic heterocycles. The molecule has 0 aliphatic carbocycles. The number of benzene rings is 2. The molecule has 0 spiro atoms. The molecule has 3 aromatic rings. The lowest BCUT2D eigenvalue weighted by Crippen LogP contribution is -2.09. The molecule has 0 atom stereocenters. The summed E-state index contributed by atoms with van der Waals surface area (Å²) in [7, 11) is 0. The second kappa shape index (κ2) is 6.26. The lowest BCUT2D eigenvalue weighted by Gasteiger charge is -2.09. The van der Waals surface area contributed by atoms with Gasteiger partial charge in [0.25, 0.3) is 0 Å². The van der Waals surface area contributed by atoms with Crippen molar-refractivity contribution in [3.05, 3.63) is 66.2 Å². The molecule has 0 aliphatic heterocycles. The summed E-state index contributed by atoms with van der Waals surface area (Å²) < 4.78 is 5.61. The van der Waals surface area contributed by atoms with Crippen molar-refractivity contribution in [2.45, 2.75) is 6.92 Å². The van der Waals surface area contributed by atoms with Crippen molar-refractivity contribution in [3.63, 3.8) is 0 Å². The summed E-state index contributed by atoms with van der Waals surface area (Å²) in [6.07, 6.45) is 0. The molecule has 0 radical (unpaired) electrons. The van der Waals surface area contributed by atoms with Crippen LogP contribution in [0.5, 0.6) is 5.88 Å². The van der Waals surface area contributed by atoms with E-state index in [1.54, 1.807) is 19.1 Å². The fourth-order valence-electron chi connectivity index (χ4n) is 2.14. The van der Waals surface area contributed by atoms with Crippen LogP contribution in [0.15, 0.2) is 60.7 Å². The molecule has 1 N–H and O–H groups in total. The van der Waals surface area contributed by atoms with Crippen molar-refractivity contribution in [3.8, 4) is 5.88 Å². The topological polar surface area (TPSA) is 51.2 Å². The van der Waals surface area contributed by atoms with Crippen LogP contribution in [0.2, 0.25) is 0 Å². The maximum Gasteiger partial charge on any atom is 0.215 e. The molecule has 0 saturated heterocycles. The van der Waals surface area contributed by atoms with Gasteiger partial charge in [-0.1, -0.05) is 18.2 Å². The fraction of sp³-hybridized carbons (Fsp3) is 0.111. The van der Waals surface area contributed by atoms with E-state index in [0.29, 0.717) is 18.2 Å². The van der Waals surface area contributed by atoms with Gasteiger partial charge in [0.2, 0.25) is 5.88 Å². The van der Waals surface area contributed by atoms with E-state index in [9.17, 15) is 4.79 Å². The third-order valence-corrected chi connectivity index (χ3v) is 3.36. The largest absolute Gasteiger partial charge is 0.456 e. The number of pyridine rings is 1. The number of carbonyl (C=O) groups excluding carboxylic acids is 1. The Hall–Kier alpha value is -2.88. The first kappa shape index (κ1) is 14.1. The van der Waals surface area contributed by atoms with Crippen molar-refractivity contribution in [1.29, 1.82) is 0 Å². The van der Waals surface area contributed by atoms with Gasteiger partial charge >= 0.3 is 0 Å². The minimum Gasteiger partial charge on any atom is -0.456 e. The van der Waals surface area contributed by atoms with Gasteiger partial charge in [0.15, 0.2) is 12.5 Å². The second-order valence-corrected chi connectivity index (χ2v) is 4.94. The smallest absolute Gasteiger partial charge is 0.215 e. The second-order valence-electron chi connectivity index (χ2n) is 4.94. The monoisotopic (exact) mass is 292 g/mol. The highest BCUT2D eigenvalue weighted by molar-refractivity contribution is 5.94. The summed E-state index contributed by atoms with van der Waals surface area (Å²) in [4.78, 5) is 15.6. The molecule has 0 amide bonds. The molecule has 3 rings (SSSR count). The van der Waals surface area contributed by atoms with Gasteiger partial charge in [-0.25, -0.2) is 4.98 Å². The van der Waals surface area contributed by atoms with Crippen LogP contribution in [0.1, 0.15) is 17.3 Å². The number of anilines is 1. The number of carbonyl (C=O) groups is 1. The molecule has 2 aromatic carbocycles. The van der Waals surface area contributed by atoms with E-state index < -0.39 is 0 Å². The SMILES string of the molecule is CC(=O)c1ccc(NCOc2ccc3ccccc3n2)cc1. The summed E-state index contributed by atoms with van der Waals surface area (Å²) in [6.45, 7) is 1.86. The van der Waals surface area contributed by atoms with Crippen molar-refractivity contribution in [1.82, 2.24) is 4.98 Å². The summed E-state index contributed by atoms with van der Waals surface area (Å²) in [5.74, 6) is 0.634. The van der Waals surface area contributed by atoms with Crippen molar-refractivity contribution in [2.24, 2.45) is 0 Å². The predicted molar refractivity (Wildman–Crippen MR) is 87.3 cm³/mol. The highest BCUT2D eigenvalue weighted by Crippen LogP contribution is 2.16. The number of ketones is 1.